The number of urea groups is 1. The van der Waals surface area contributed by atoms with E-state index in [2.05, 4.69) is 17.6 Å². The van der Waals surface area contributed by atoms with Crippen molar-refractivity contribution in [2.75, 3.05) is 18.5 Å². The number of hydrogen-bond acceptors (Lipinski definition) is 4. The molecule has 41 heavy (non-hydrogen) atoms. The molecule has 0 spiro atoms. The number of fused-ring (bicyclic) bond motifs is 1. The molecule has 4 aromatic rings. The van der Waals surface area contributed by atoms with E-state index in [1.807, 2.05) is 72.8 Å². The van der Waals surface area contributed by atoms with E-state index in [9.17, 15) is 14.4 Å². The van der Waals surface area contributed by atoms with Gasteiger partial charge in [-0.15, -0.1) is 0 Å². The number of carbonyl (C=O) groups is 3. The minimum atomic E-state index is -0.771. The van der Waals surface area contributed by atoms with Crippen LogP contribution in [0.15, 0.2) is 103 Å². The molecule has 1 aliphatic rings. The number of carbonyl (C=O) groups excluding carboxylic acids is 3. The largest absolute Gasteiger partial charge is 0.463 e. The van der Waals surface area contributed by atoms with Crippen LogP contribution >= 0.6 is 0 Å². The van der Waals surface area contributed by atoms with Crippen LogP contribution in [0.25, 0.3) is 16.5 Å². The Hall–Kier alpha value is -4.91. The van der Waals surface area contributed by atoms with Gasteiger partial charge in [-0.05, 0) is 59.5 Å². The third-order valence-corrected chi connectivity index (χ3v) is 7.09. The lowest BCUT2D eigenvalue weighted by atomic mass is 9.91. The molecular weight excluding hydrogens is 514 g/mol. The molecule has 0 fully saturated rings. The molecule has 3 amide bonds. The van der Waals surface area contributed by atoms with Gasteiger partial charge in [-0.25, -0.2) is 9.59 Å². The fraction of sp³-hybridized carbons (Fsp3) is 0.206. The Labute approximate surface area is 239 Å². The van der Waals surface area contributed by atoms with Crippen molar-refractivity contribution >= 4 is 40.1 Å². The van der Waals surface area contributed by atoms with E-state index in [1.54, 1.807) is 36.1 Å². The normalized spacial score (nSPS) is 15.0. The molecule has 0 aliphatic carbocycles. The predicted octanol–water partition coefficient (Wildman–Crippen LogP) is 6.93. The molecule has 0 bridgehead atoms. The first-order chi connectivity index (χ1) is 20.0. The number of anilines is 1. The van der Waals surface area contributed by atoms with Crippen LogP contribution in [0.4, 0.5) is 10.5 Å². The Morgan fingerprint density at radius 2 is 1.63 bits per heavy atom. The topological polar surface area (TPSA) is 87.7 Å². The molecule has 1 atom stereocenters. The lowest BCUT2D eigenvalue weighted by Gasteiger charge is -2.37. The van der Waals surface area contributed by atoms with Gasteiger partial charge in [0, 0.05) is 17.8 Å². The van der Waals surface area contributed by atoms with Crippen molar-refractivity contribution in [2.45, 2.75) is 32.7 Å². The Balaban J connectivity index is 1.54. The summed E-state index contributed by atoms with van der Waals surface area (Å²) in [7, 11) is 0. The number of nitrogens with one attached hydrogen (secondary N) is 2. The second kappa shape index (κ2) is 12.5. The van der Waals surface area contributed by atoms with E-state index in [0.717, 1.165) is 29.2 Å². The van der Waals surface area contributed by atoms with Crippen molar-refractivity contribution < 1.29 is 19.1 Å². The van der Waals surface area contributed by atoms with Gasteiger partial charge in [0.05, 0.1) is 23.9 Å². The molecule has 0 aromatic heterocycles. The Morgan fingerprint density at radius 3 is 2.39 bits per heavy atom. The molecule has 5 rings (SSSR count). The van der Waals surface area contributed by atoms with Crippen molar-refractivity contribution in [3.8, 4) is 0 Å². The molecule has 1 heterocycles. The summed E-state index contributed by atoms with van der Waals surface area (Å²) in [5.41, 5.74) is 3.38. The van der Waals surface area contributed by atoms with Crippen LogP contribution in [-0.4, -0.2) is 36.0 Å². The monoisotopic (exact) mass is 547 g/mol. The maximum atomic E-state index is 13.5. The molecule has 0 unspecified atom stereocenters. The lowest BCUT2D eigenvalue weighted by molar-refractivity contribution is -0.138. The number of hydrogen-bond donors (Lipinski definition) is 2. The van der Waals surface area contributed by atoms with Crippen molar-refractivity contribution in [3.05, 3.63) is 119 Å². The van der Waals surface area contributed by atoms with Crippen LogP contribution in [0.5, 0.6) is 0 Å². The first-order valence-corrected chi connectivity index (χ1v) is 13.9. The minimum Gasteiger partial charge on any atom is -0.463 e. The number of ether oxygens (including phenoxy) is 1. The van der Waals surface area contributed by atoms with Gasteiger partial charge in [0.1, 0.15) is 0 Å². The molecule has 0 saturated carbocycles. The number of unbranched alkanes of at least 4 members (excludes halogenated alkanes) is 1. The lowest BCUT2D eigenvalue weighted by Crippen LogP contribution is -2.48. The van der Waals surface area contributed by atoms with E-state index >= 15 is 0 Å². The third kappa shape index (κ3) is 5.99. The number of rotatable bonds is 9. The number of nitrogens with zero attached hydrogens (tertiary/aromatic N) is 1. The molecule has 1 aliphatic heterocycles. The average Bonchev–Trinajstić information content (AvgIpc) is 3.00. The van der Waals surface area contributed by atoms with Gasteiger partial charge in [-0.1, -0.05) is 86.1 Å². The quantitative estimate of drug-likeness (QED) is 0.222. The second-order valence-corrected chi connectivity index (χ2v) is 9.88. The van der Waals surface area contributed by atoms with Gasteiger partial charge in [0.2, 0.25) is 0 Å². The fourth-order valence-electron chi connectivity index (χ4n) is 5.10. The van der Waals surface area contributed by atoms with Crippen LogP contribution in [-0.2, 0) is 9.53 Å². The van der Waals surface area contributed by atoms with E-state index in [0.29, 0.717) is 34.6 Å². The molecule has 0 saturated heterocycles. The first-order valence-electron chi connectivity index (χ1n) is 13.9. The molecule has 7 heteroatoms. The fourth-order valence-corrected chi connectivity index (χ4v) is 5.10. The van der Waals surface area contributed by atoms with Crippen LogP contribution in [0, 0.1) is 0 Å². The van der Waals surface area contributed by atoms with Crippen LogP contribution in [0.3, 0.4) is 0 Å². The number of amides is 3. The predicted molar refractivity (Wildman–Crippen MR) is 161 cm³/mol. The molecule has 7 nitrogen and oxygen atoms in total. The van der Waals surface area contributed by atoms with E-state index in [-0.39, 0.29) is 18.5 Å². The highest BCUT2D eigenvalue weighted by atomic mass is 16.5. The molecule has 2 N–H and O–H groups in total. The van der Waals surface area contributed by atoms with E-state index < -0.39 is 12.0 Å². The molecule has 4 aromatic carbocycles. The number of esters is 1. The zero-order chi connectivity index (χ0) is 28.8. The molecular formula is C34H33N3O4. The summed E-state index contributed by atoms with van der Waals surface area (Å²) in [5, 5.41) is 8.03. The van der Waals surface area contributed by atoms with Crippen LogP contribution in [0.2, 0.25) is 0 Å². The Morgan fingerprint density at radius 1 is 0.878 bits per heavy atom. The van der Waals surface area contributed by atoms with Crippen molar-refractivity contribution in [1.82, 2.24) is 10.2 Å². The summed E-state index contributed by atoms with van der Waals surface area (Å²) in [4.78, 5) is 41.8. The van der Waals surface area contributed by atoms with Crippen LogP contribution in [0.1, 0.15) is 54.2 Å². The summed E-state index contributed by atoms with van der Waals surface area (Å²) in [5.74, 6) is -0.749. The van der Waals surface area contributed by atoms with Gasteiger partial charge in [0.25, 0.3) is 5.91 Å². The maximum absolute atomic E-state index is 13.5. The summed E-state index contributed by atoms with van der Waals surface area (Å²) in [6.07, 6.45) is 1.67. The van der Waals surface area contributed by atoms with Gasteiger partial charge < -0.3 is 15.4 Å². The standard InChI is InChI=1S/C34H33N3O4/c1-3-5-20-37-31(24-13-7-6-8-14-24)29(33(39)41-4-2)30(36-34(37)40)26-16-11-17-28(22-26)35-32(38)27-19-18-23-12-9-10-15-25(23)21-27/h6-19,21-22,30H,3-5,20H2,1-2H3,(H,35,38)(H,36,40)/t30-/m1/s1. The molecule has 0 radical (unpaired) electrons. The van der Waals surface area contributed by atoms with Crippen molar-refractivity contribution in [2.24, 2.45) is 0 Å². The van der Waals surface area contributed by atoms with Gasteiger partial charge >= 0.3 is 12.0 Å². The smallest absolute Gasteiger partial charge is 0.338 e. The van der Waals surface area contributed by atoms with Gasteiger partial charge in [0.15, 0.2) is 0 Å². The summed E-state index contributed by atoms with van der Waals surface area (Å²) >= 11 is 0. The summed E-state index contributed by atoms with van der Waals surface area (Å²) in [6.45, 7) is 4.47. The highest BCUT2D eigenvalue weighted by Crippen LogP contribution is 2.37. The van der Waals surface area contributed by atoms with Crippen molar-refractivity contribution in [1.29, 1.82) is 0 Å². The third-order valence-electron chi connectivity index (χ3n) is 7.09. The van der Waals surface area contributed by atoms with E-state index in [4.69, 9.17) is 4.74 Å². The van der Waals surface area contributed by atoms with Crippen LogP contribution < -0.4 is 10.6 Å². The SMILES string of the molecule is CCCCN1C(=O)N[C@H](c2cccc(NC(=O)c3ccc4ccccc4c3)c2)C(C(=O)OCC)=C1c1ccccc1. The van der Waals surface area contributed by atoms with Gasteiger partial charge in [-0.3, -0.25) is 9.69 Å². The summed E-state index contributed by atoms with van der Waals surface area (Å²) in [6, 6.07) is 29.0. The van der Waals surface area contributed by atoms with Crippen molar-refractivity contribution in [3.63, 3.8) is 0 Å². The Kier molecular flexibility index (Phi) is 8.44. The minimum absolute atomic E-state index is 0.196. The second-order valence-electron chi connectivity index (χ2n) is 9.88. The number of benzene rings is 4. The summed E-state index contributed by atoms with van der Waals surface area (Å²) < 4.78 is 5.52. The van der Waals surface area contributed by atoms with Gasteiger partial charge in [-0.2, -0.15) is 0 Å². The Bertz CT molecular complexity index is 1610. The van der Waals surface area contributed by atoms with E-state index in [1.165, 1.54) is 0 Å². The maximum Gasteiger partial charge on any atom is 0.338 e. The average molecular weight is 548 g/mol. The zero-order valence-electron chi connectivity index (χ0n) is 23.2. The zero-order valence-corrected chi connectivity index (χ0v) is 23.2. The molecule has 208 valence electrons. The highest BCUT2D eigenvalue weighted by molar-refractivity contribution is 6.07. The first kappa shape index (κ1) is 27.6. The highest BCUT2D eigenvalue weighted by Gasteiger charge is 2.38.